The number of ether oxygens (including phenoxy) is 1. The summed E-state index contributed by atoms with van der Waals surface area (Å²) in [4.78, 5) is 13.4. The first-order chi connectivity index (χ1) is 12.6. The molecule has 2 aliphatic heterocycles. The number of aliphatic hydroxyl groups is 5. The zero-order chi connectivity index (χ0) is 19.6. The summed E-state index contributed by atoms with van der Waals surface area (Å²) in [5.41, 5.74) is -2.95. The highest BCUT2D eigenvalue weighted by atomic mass is 16.6. The molecular weight excluding hydrogens is 352 g/mol. The van der Waals surface area contributed by atoms with E-state index in [-0.39, 0.29) is 25.2 Å². The van der Waals surface area contributed by atoms with E-state index in [1.165, 1.54) is 0 Å². The molecule has 0 aromatic heterocycles. The van der Waals surface area contributed by atoms with Gasteiger partial charge in [0.1, 0.15) is 11.5 Å². The van der Waals surface area contributed by atoms with Gasteiger partial charge >= 0.3 is 0 Å². The molecule has 0 aromatic rings. The fourth-order valence-corrected chi connectivity index (χ4v) is 7.99. The molecule has 5 N–H and O–H groups in total. The van der Waals surface area contributed by atoms with E-state index in [2.05, 4.69) is 6.58 Å². The highest BCUT2D eigenvalue weighted by molar-refractivity contribution is 6.05. The van der Waals surface area contributed by atoms with Gasteiger partial charge in [0.25, 0.3) is 0 Å². The molecule has 0 unspecified atom stereocenters. The Morgan fingerprint density at radius 1 is 1.22 bits per heavy atom. The maximum atomic E-state index is 13.4. The Labute approximate surface area is 157 Å². The average Bonchev–Trinajstić information content (AvgIpc) is 2.76. The molecule has 0 radical (unpaired) electrons. The van der Waals surface area contributed by atoms with Crippen LogP contribution in [-0.4, -0.2) is 68.6 Å². The van der Waals surface area contributed by atoms with Gasteiger partial charge in [-0.05, 0) is 36.2 Å². The molecule has 4 bridgehead atoms. The molecule has 6 rings (SSSR count). The van der Waals surface area contributed by atoms with Gasteiger partial charge < -0.3 is 30.3 Å². The number of hydrogen-bond acceptors (Lipinski definition) is 7. The Kier molecular flexibility index (Phi) is 3.38. The van der Waals surface area contributed by atoms with E-state index < -0.39 is 63.9 Å². The fraction of sp³-hybridized carbons (Fsp3) is 0.850. The third-order valence-electron chi connectivity index (χ3n) is 9.00. The van der Waals surface area contributed by atoms with Gasteiger partial charge in [0, 0.05) is 23.9 Å². The predicted octanol–water partition coefficient (Wildman–Crippen LogP) is -0.652. The van der Waals surface area contributed by atoms with E-state index in [1.807, 2.05) is 6.92 Å². The van der Waals surface area contributed by atoms with Crippen molar-refractivity contribution in [3.63, 3.8) is 0 Å². The summed E-state index contributed by atoms with van der Waals surface area (Å²) in [5, 5.41) is 54.9. The molecule has 7 heteroatoms. The van der Waals surface area contributed by atoms with E-state index in [1.54, 1.807) is 0 Å². The lowest BCUT2D eigenvalue weighted by atomic mass is 9.36. The van der Waals surface area contributed by atoms with Crippen molar-refractivity contribution in [2.24, 2.45) is 34.0 Å². The summed E-state index contributed by atoms with van der Waals surface area (Å²) in [6, 6.07) is 0. The number of carbonyl (C=O) groups excluding carboxylic acids is 1. The van der Waals surface area contributed by atoms with Gasteiger partial charge in [0.15, 0.2) is 5.78 Å². The molecular formula is C20H28O7. The summed E-state index contributed by atoms with van der Waals surface area (Å²) in [6.45, 7) is 5.67. The van der Waals surface area contributed by atoms with Crippen LogP contribution in [0.2, 0.25) is 0 Å². The van der Waals surface area contributed by atoms with Crippen molar-refractivity contribution in [3.05, 3.63) is 12.2 Å². The van der Waals surface area contributed by atoms with Crippen molar-refractivity contribution in [2.75, 3.05) is 13.2 Å². The van der Waals surface area contributed by atoms with Gasteiger partial charge in [-0.25, -0.2) is 0 Å². The molecule has 0 aromatic carbocycles. The summed E-state index contributed by atoms with van der Waals surface area (Å²) in [6.07, 6.45) is -1.35. The van der Waals surface area contributed by atoms with Gasteiger partial charge in [0.05, 0.1) is 18.8 Å². The number of hydrogen-bond donors (Lipinski definition) is 5. The average molecular weight is 380 g/mol. The van der Waals surface area contributed by atoms with Crippen LogP contribution in [0.25, 0.3) is 0 Å². The summed E-state index contributed by atoms with van der Waals surface area (Å²) in [5.74, 6) is -4.65. The molecule has 2 heterocycles. The molecule has 4 saturated carbocycles. The number of Topliss-reactive ketones (excluding diaryl/α,β-unsaturated/α-hetero) is 1. The topological polar surface area (TPSA) is 127 Å². The van der Waals surface area contributed by atoms with Gasteiger partial charge in [0.2, 0.25) is 5.79 Å². The minimum absolute atomic E-state index is 0.1000. The van der Waals surface area contributed by atoms with Crippen LogP contribution < -0.4 is 0 Å². The van der Waals surface area contributed by atoms with Crippen LogP contribution in [-0.2, 0) is 9.53 Å². The zero-order valence-electron chi connectivity index (χ0n) is 15.5. The molecule has 150 valence electrons. The molecule has 7 nitrogen and oxygen atoms in total. The first kappa shape index (κ1) is 18.2. The van der Waals surface area contributed by atoms with Crippen LogP contribution in [0.15, 0.2) is 12.2 Å². The lowest BCUT2D eigenvalue weighted by Crippen LogP contribution is -2.84. The lowest BCUT2D eigenvalue weighted by Gasteiger charge is -2.74. The van der Waals surface area contributed by atoms with Crippen LogP contribution in [0.1, 0.15) is 32.6 Å². The molecule has 10 atom stereocenters. The highest BCUT2D eigenvalue weighted by Gasteiger charge is 2.86. The normalized spacial score (nSPS) is 61.7. The van der Waals surface area contributed by atoms with Gasteiger partial charge in [-0.3, -0.25) is 4.79 Å². The smallest absolute Gasteiger partial charge is 0.208 e. The fourth-order valence-electron chi connectivity index (χ4n) is 7.99. The van der Waals surface area contributed by atoms with Crippen LogP contribution in [0, 0.1) is 34.0 Å². The second-order valence-electron chi connectivity index (χ2n) is 9.86. The van der Waals surface area contributed by atoms with E-state index in [9.17, 15) is 30.3 Å². The Balaban J connectivity index is 1.79. The predicted molar refractivity (Wildman–Crippen MR) is 92.1 cm³/mol. The molecule has 4 aliphatic carbocycles. The monoisotopic (exact) mass is 380 g/mol. The number of aliphatic hydroxyl groups excluding tert-OH is 4. The van der Waals surface area contributed by atoms with Crippen molar-refractivity contribution in [2.45, 2.75) is 56.7 Å². The van der Waals surface area contributed by atoms with Gasteiger partial charge in [-0.1, -0.05) is 19.9 Å². The largest absolute Gasteiger partial charge is 0.396 e. The van der Waals surface area contributed by atoms with E-state index in [4.69, 9.17) is 4.74 Å². The maximum absolute atomic E-state index is 13.4. The maximum Gasteiger partial charge on any atom is 0.208 e. The quantitative estimate of drug-likeness (QED) is 0.383. The van der Waals surface area contributed by atoms with E-state index in [0.717, 1.165) is 6.42 Å². The molecule has 2 saturated heterocycles. The van der Waals surface area contributed by atoms with Crippen molar-refractivity contribution >= 4 is 5.78 Å². The van der Waals surface area contributed by atoms with Gasteiger partial charge in [-0.15, -0.1) is 0 Å². The molecule has 6 aliphatic rings. The Bertz CT molecular complexity index is 738. The number of fused-ring (bicyclic) bond motifs is 2. The second-order valence-corrected chi connectivity index (χ2v) is 9.86. The van der Waals surface area contributed by atoms with Crippen molar-refractivity contribution < 1.29 is 35.1 Å². The van der Waals surface area contributed by atoms with Crippen LogP contribution in [0.4, 0.5) is 0 Å². The lowest BCUT2D eigenvalue weighted by molar-refractivity contribution is -0.452. The second kappa shape index (κ2) is 5.01. The summed E-state index contributed by atoms with van der Waals surface area (Å²) >= 11 is 0. The Morgan fingerprint density at radius 2 is 1.93 bits per heavy atom. The van der Waals surface area contributed by atoms with Crippen molar-refractivity contribution in [3.8, 4) is 0 Å². The van der Waals surface area contributed by atoms with E-state index in [0.29, 0.717) is 12.8 Å². The van der Waals surface area contributed by atoms with E-state index >= 15 is 0 Å². The third kappa shape index (κ3) is 1.59. The number of ketones is 1. The third-order valence-corrected chi connectivity index (χ3v) is 9.00. The standard InChI is InChI=1S/C20H28O7/c1-9-12-10(22)6-11-18-5-3-4-17(2,7-21)13(18)16(25)20(26,27-8-18)19(11,14(9)23)15(12)24/h10-13,15-16,21-22,24-26H,1,3-8H2,2H3/t10-,11-,12+,13+,15+,16-,17+,18+,19-,20+/m0/s1. The van der Waals surface area contributed by atoms with Gasteiger partial charge in [-0.2, -0.15) is 0 Å². The Hall–Kier alpha value is -0.830. The SMILES string of the molecule is C=C1C(=O)[C@]23[C@H](O)[C@H]1[C@@H](O)C[C@H]2[C@]12CCC[C@](C)(CO)[C@H]1[C@H](O)[C@@]3(O)OC2. The van der Waals surface area contributed by atoms with Crippen LogP contribution >= 0.6 is 0 Å². The molecule has 0 amide bonds. The summed E-state index contributed by atoms with van der Waals surface area (Å²) in [7, 11) is 0. The first-order valence-electron chi connectivity index (χ1n) is 9.87. The molecule has 6 fully saturated rings. The highest BCUT2D eigenvalue weighted by Crippen LogP contribution is 2.76. The molecule has 27 heavy (non-hydrogen) atoms. The zero-order valence-corrected chi connectivity index (χ0v) is 15.5. The number of carbonyl (C=O) groups is 1. The Morgan fingerprint density at radius 3 is 2.59 bits per heavy atom. The summed E-state index contributed by atoms with van der Waals surface area (Å²) < 4.78 is 5.81. The van der Waals surface area contributed by atoms with Crippen LogP contribution in [0.5, 0.6) is 0 Å². The van der Waals surface area contributed by atoms with Crippen LogP contribution in [0.3, 0.4) is 0 Å². The molecule has 2 spiro atoms. The minimum Gasteiger partial charge on any atom is -0.396 e. The minimum atomic E-state index is -2.26. The first-order valence-corrected chi connectivity index (χ1v) is 9.87. The van der Waals surface area contributed by atoms with Crippen molar-refractivity contribution in [1.82, 2.24) is 0 Å². The van der Waals surface area contributed by atoms with Crippen molar-refractivity contribution in [1.29, 1.82) is 0 Å². The number of rotatable bonds is 1.